The molecular formula is C10H9NOS. The SMILES string of the molecule is CSOc1ccc2ccccc2n1. The van der Waals surface area contributed by atoms with Crippen LogP contribution in [-0.2, 0) is 0 Å². The zero-order valence-corrected chi connectivity index (χ0v) is 8.04. The van der Waals surface area contributed by atoms with Crippen molar-refractivity contribution in [3.8, 4) is 5.88 Å². The maximum atomic E-state index is 5.22. The average molecular weight is 191 g/mol. The number of para-hydroxylation sites is 1. The summed E-state index contributed by atoms with van der Waals surface area (Å²) in [6.45, 7) is 0. The average Bonchev–Trinajstić information content (AvgIpc) is 2.18. The summed E-state index contributed by atoms with van der Waals surface area (Å²) in [5.41, 5.74) is 0.967. The third-order valence-corrected chi connectivity index (χ3v) is 2.08. The summed E-state index contributed by atoms with van der Waals surface area (Å²) >= 11 is 1.30. The van der Waals surface area contributed by atoms with Crippen molar-refractivity contribution in [1.82, 2.24) is 4.98 Å². The van der Waals surface area contributed by atoms with E-state index in [1.54, 1.807) is 0 Å². The summed E-state index contributed by atoms with van der Waals surface area (Å²) in [7, 11) is 0. The van der Waals surface area contributed by atoms with E-state index in [2.05, 4.69) is 4.98 Å². The number of nitrogens with zero attached hydrogens (tertiary/aromatic N) is 1. The monoisotopic (exact) mass is 191 g/mol. The molecule has 0 N–H and O–H groups in total. The molecule has 0 saturated heterocycles. The minimum absolute atomic E-state index is 0.659. The van der Waals surface area contributed by atoms with Crippen molar-refractivity contribution in [2.24, 2.45) is 0 Å². The number of fused-ring (bicyclic) bond motifs is 1. The van der Waals surface area contributed by atoms with Gasteiger partial charge in [-0.25, -0.2) is 4.98 Å². The lowest BCUT2D eigenvalue weighted by Crippen LogP contribution is -1.84. The Kier molecular flexibility index (Phi) is 2.36. The van der Waals surface area contributed by atoms with Gasteiger partial charge in [0, 0.05) is 17.7 Å². The maximum absolute atomic E-state index is 5.22. The van der Waals surface area contributed by atoms with Gasteiger partial charge in [-0.05, 0) is 12.1 Å². The van der Waals surface area contributed by atoms with E-state index in [-0.39, 0.29) is 0 Å². The van der Waals surface area contributed by atoms with Crippen LogP contribution in [0.1, 0.15) is 0 Å². The lowest BCUT2D eigenvalue weighted by molar-refractivity contribution is 0.624. The minimum Gasteiger partial charge on any atom is -0.406 e. The van der Waals surface area contributed by atoms with Crippen molar-refractivity contribution in [3.05, 3.63) is 36.4 Å². The number of benzene rings is 1. The van der Waals surface area contributed by atoms with Crippen LogP contribution in [0.5, 0.6) is 5.88 Å². The van der Waals surface area contributed by atoms with Crippen molar-refractivity contribution < 1.29 is 4.18 Å². The van der Waals surface area contributed by atoms with Gasteiger partial charge in [-0.15, -0.1) is 0 Å². The van der Waals surface area contributed by atoms with Crippen LogP contribution in [0, 0.1) is 0 Å². The molecule has 0 bridgehead atoms. The van der Waals surface area contributed by atoms with Crippen molar-refractivity contribution in [2.45, 2.75) is 0 Å². The van der Waals surface area contributed by atoms with E-state index in [1.807, 2.05) is 42.7 Å². The first-order valence-corrected chi connectivity index (χ1v) is 5.11. The highest BCUT2D eigenvalue weighted by molar-refractivity contribution is 7.94. The molecule has 0 aliphatic heterocycles. The van der Waals surface area contributed by atoms with Gasteiger partial charge in [-0.2, -0.15) is 0 Å². The van der Waals surface area contributed by atoms with Crippen molar-refractivity contribution in [3.63, 3.8) is 0 Å². The molecule has 66 valence electrons. The summed E-state index contributed by atoms with van der Waals surface area (Å²) in [6, 6.07) is 11.9. The Morgan fingerprint density at radius 1 is 1.15 bits per heavy atom. The van der Waals surface area contributed by atoms with Crippen LogP contribution < -0.4 is 4.18 Å². The lowest BCUT2D eigenvalue weighted by atomic mass is 10.2. The van der Waals surface area contributed by atoms with Crippen molar-refractivity contribution in [2.75, 3.05) is 6.26 Å². The Balaban J connectivity index is 2.49. The molecule has 1 heterocycles. The molecular weight excluding hydrogens is 182 g/mol. The number of pyridine rings is 1. The molecule has 0 radical (unpaired) electrons. The topological polar surface area (TPSA) is 22.1 Å². The minimum atomic E-state index is 0.659. The molecule has 1 aromatic heterocycles. The molecule has 13 heavy (non-hydrogen) atoms. The Hall–Kier alpha value is -1.22. The smallest absolute Gasteiger partial charge is 0.228 e. The predicted molar refractivity (Wildman–Crippen MR) is 55.9 cm³/mol. The summed E-state index contributed by atoms with van der Waals surface area (Å²) in [6.07, 6.45) is 1.87. The highest BCUT2D eigenvalue weighted by Crippen LogP contribution is 2.17. The molecule has 2 aromatic rings. The Labute approximate surface area is 81.1 Å². The van der Waals surface area contributed by atoms with Crippen molar-refractivity contribution >= 4 is 22.9 Å². The summed E-state index contributed by atoms with van der Waals surface area (Å²) in [5, 5.41) is 1.14. The van der Waals surface area contributed by atoms with Crippen molar-refractivity contribution in [1.29, 1.82) is 0 Å². The fourth-order valence-electron chi connectivity index (χ4n) is 1.18. The van der Waals surface area contributed by atoms with E-state index in [4.69, 9.17) is 4.18 Å². The molecule has 0 fully saturated rings. The Morgan fingerprint density at radius 2 is 2.00 bits per heavy atom. The van der Waals surface area contributed by atoms with Gasteiger partial charge in [-0.3, -0.25) is 0 Å². The van der Waals surface area contributed by atoms with E-state index in [0.29, 0.717) is 5.88 Å². The van der Waals surface area contributed by atoms with Gasteiger partial charge < -0.3 is 4.18 Å². The molecule has 0 aliphatic rings. The predicted octanol–water partition coefficient (Wildman–Crippen LogP) is 2.89. The molecule has 0 saturated carbocycles. The highest BCUT2D eigenvalue weighted by Gasteiger charge is 1.96. The number of hydrogen-bond donors (Lipinski definition) is 0. The summed E-state index contributed by atoms with van der Waals surface area (Å²) in [4.78, 5) is 4.32. The molecule has 0 unspecified atom stereocenters. The van der Waals surface area contributed by atoms with E-state index in [1.165, 1.54) is 12.0 Å². The molecule has 2 nitrogen and oxygen atoms in total. The zero-order valence-electron chi connectivity index (χ0n) is 7.23. The first-order chi connectivity index (χ1) is 6.40. The molecule has 2 rings (SSSR count). The second-order valence-electron chi connectivity index (χ2n) is 2.59. The van der Waals surface area contributed by atoms with Crippen LogP contribution >= 0.6 is 12.0 Å². The summed E-state index contributed by atoms with van der Waals surface area (Å²) < 4.78 is 5.22. The first kappa shape index (κ1) is 8.38. The van der Waals surface area contributed by atoms with Crippen LogP contribution in [0.2, 0.25) is 0 Å². The third-order valence-electron chi connectivity index (χ3n) is 1.74. The van der Waals surface area contributed by atoms with E-state index < -0.39 is 0 Å². The Morgan fingerprint density at radius 3 is 2.85 bits per heavy atom. The quantitative estimate of drug-likeness (QED) is 0.681. The van der Waals surface area contributed by atoms with Gasteiger partial charge in [0.2, 0.25) is 5.88 Å². The van der Waals surface area contributed by atoms with Crippen LogP contribution in [-0.4, -0.2) is 11.2 Å². The second-order valence-corrected chi connectivity index (χ2v) is 3.09. The van der Waals surface area contributed by atoms with Gasteiger partial charge in [0.1, 0.15) is 0 Å². The number of rotatable bonds is 2. The fraction of sp³-hybridized carbons (Fsp3) is 0.100. The molecule has 3 heteroatoms. The zero-order chi connectivity index (χ0) is 9.10. The van der Waals surface area contributed by atoms with Gasteiger partial charge in [0.05, 0.1) is 17.6 Å². The highest BCUT2D eigenvalue weighted by atomic mass is 32.2. The first-order valence-electron chi connectivity index (χ1n) is 3.96. The van der Waals surface area contributed by atoms with E-state index in [0.717, 1.165) is 10.9 Å². The second kappa shape index (κ2) is 3.66. The molecule has 1 aromatic carbocycles. The maximum Gasteiger partial charge on any atom is 0.228 e. The fourth-order valence-corrected chi connectivity index (χ4v) is 1.44. The molecule has 0 amide bonds. The third kappa shape index (κ3) is 1.75. The molecule has 0 aliphatic carbocycles. The molecule has 0 spiro atoms. The van der Waals surface area contributed by atoms with E-state index in [9.17, 15) is 0 Å². The normalized spacial score (nSPS) is 10.2. The summed E-state index contributed by atoms with van der Waals surface area (Å²) in [5.74, 6) is 0.659. The van der Waals surface area contributed by atoms with Crippen LogP contribution in [0.25, 0.3) is 10.9 Å². The lowest BCUT2D eigenvalue weighted by Gasteiger charge is -2.00. The van der Waals surface area contributed by atoms with Gasteiger partial charge >= 0.3 is 0 Å². The largest absolute Gasteiger partial charge is 0.406 e. The number of aromatic nitrogens is 1. The molecule has 0 atom stereocenters. The van der Waals surface area contributed by atoms with Crippen LogP contribution in [0.15, 0.2) is 36.4 Å². The van der Waals surface area contributed by atoms with Gasteiger partial charge in [0.15, 0.2) is 0 Å². The number of hydrogen-bond acceptors (Lipinski definition) is 3. The van der Waals surface area contributed by atoms with Gasteiger partial charge in [0.25, 0.3) is 0 Å². The Bertz CT molecular complexity index is 416. The van der Waals surface area contributed by atoms with Crippen LogP contribution in [0.4, 0.5) is 0 Å². The van der Waals surface area contributed by atoms with Crippen LogP contribution in [0.3, 0.4) is 0 Å². The van der Waals surface area contributed by atoms with E-state index >= 15 is 0 Å². The van der Waals surface area contributed by atoms with Gasteiger partial charge in [-0.1, -0.05) is 18.2 Å². The standard InChI is InChI=1S/C10H9NOS/c1-13-12-10-7-6-8-4-2-3-5-9(8)11-10/h2-7H,1H3.